The molecule has 0 saturated heterocycles. The minimum Gasteiger partial charge on any atom is -1.00 e. The third-order valence-corrected chi connectivity index (χ3v) is 4.14. The molecule has 0 bridgehead atoms. The SMILES string of the molecule is [Br-].[Br-].[NH-]C(=O)c1ccccc1.[NH-]C(=O)c1ccccc1.[NH-]C(=O)c1ccccc1.[NH-]C(=O)c1ccccc1.[Ti+3].[Ti+3]. The Labute approximate surface area is 284 Å². The Bertz CT molecular complexity index is 1040. The van der Waals surface area contributed by atoms with Gasteiger partial charge in [0, 0.05) is 0 Å². The Morgan fingerprint density at radius 1 is 0.325 bits per heavy atom. The maximum atomic E-state index is 10.3. The average Bonchev–Trinajstić information content (AvgIpc) is 2.92. The summed E-state index contributed by atoms with van der Waals surface area (Å²) in [5.41, 5.74) is 28.5. The predicted octanol–water partition coefficient (Wildman–Crippen LogP) is 1.52. The number of carbonyl (C=O) groups excluding carboxylic acids is 4. The Morgan fingerprint density at radius 3 is 0.525 bits per heavy atom. The smallest absolute Gasteiger partial charge is 1.00 e. The van der Waals surface area contributed by atoms with Crippen LogP contribution in [0.2, 0.25) is 0 Å². The number of rotatable bonds is 4. The van der Waals surface area contributed by atoms with Crippen molar-refractivity contribution in [1.29, 1.82) is 0 Å². The van der Waals surface area contributed by atoms with Crippen LogP contribution in [-0.4, -0.2) is 23.6 Å². The second-order valence-electron chi connectivity index (χ2n) is 6.78. The van der Waals surface area contributed by atoms with E-state index >= 15 is 0 Å². The average molecular weight is 736 g/mol. The first-order chi connectivity index (χ1) is 17.2. The molecule has 4 rings (SSSR count). The van der Waals surface area contributed by atoms with Crippen molar-refractivity contribution < 1.29 is 96.6 Å². The predicted molar refractivity (Wildman–Crippen MR) is 140 cm³/mol. The molecule has 202 valence electrons. The van der Waals surface area contributed by atoms with Crippen LogP contribution in [0.5, 0.6) is 0 Å². The minimum atomic E-state index is -0.629. The van der Waals surface area contributed by atoms with Crippen molar-refractivity contribution in [3.63, 3.8) is 0 Å². The van der Waals surface area contributed by atoms with Crippen molar-refractivity contribution >= 4 is 23.6 Å². The number of amides is 4. The number of nitrogens with one attached hydrogen (secondary N) is 4. The fourth-order valence-corrected chi connectivity index (χ4v) is 2.36. The summed E-state index contributed by atoms with van der Waals surface area (Å²) >= 11 is 0. The molecule has 0 atom stereocenters. The fraction of sp³-hybridized carbons (Fsp3) is 0. The van der Waals surface area contributed by atoms with Crippen LogP contribution in [0.15, 0.2) is 121 Å². The van der Waals surface area contributed by atoms with E-state index in [1.807, 2.05) is 24.3 Å². The number of hydrogen-bond acceptors (Lipinski definition) is 4. The van der Waals surface area contributed by atoms with Gasteiger partial charge in [0.2, 0.25) is 0 Å². The van der Waals surface area contributed by atoms with E-state index in [9.17, 15) is 19.2 Å². The summed E-state index contributed by atoms with van der Waals surface area (Å²) in [5, 5.41) is 0. The molecule has 0 spiro atoms. The van der Waals surface area contributed by atoms with E-state index in [1.165, 1.54) is 0 Å². The second-order valence-corrected chi connectivity index (χ2v) is 6.78. The molecule has 0 aliphatic carbocycles. The third-order valence-electron chi connectivity index (χ3n) is 4.14. The third kappa shape index (κ3) is 20.1. The van der Waals surface area contributed by atoms with E-state index < -0.39 is 23.6 Å². The molecule has 0 heterocycles. The molecule has 0 unspecified atom stereocenters. The topological polar surface area (TPSA) is 163 Å². The zero-order chi connectivity index (χ0) is 26.8. The van der Waals surface area contributed by atoms with E-state index in [0.29, 0.717) is 22.3 Å². The van der Waals surface area contributed by atoms with Crippen LogP contribution in [-0.2, 0) is 43.4 Å². The van der Waals surface area contributed by atoms with Gasteiger partial charge in [-0.05, 0) is 22.3 Å². The molecule has 0 fully saturated rings. The van der Waals surface area contributed by atoms with Gasteiger partial charge in [0.1, 0.15) is 0 Å². The summed E-state index contributed by atoms with van der Waals surface area (Å²) in [5.74, 6) is -2.52. The molecule has 4 aromatic carbocycles. The van der Waals surface area contributed by atoms with E-state index in [-0.39, 0.29) is 77.4 Å². The van der Waals surface area contributed by atoms with Crippen molar-refractivity contribution in [2.75, 3.05) is 0 Å². The van der Waals surface area contributed by atoms with Gasteiger partial charge < -0.3 is 76.1 Å². The van der Waals surface area contributed by atoms with Gasteiger partial charge >= 0.3 is 43.4 Å². The van der Waals surface area contributed by atoms with Gasteiger partial charge in [0.15, 0.2) is 0 Å². The molecule has 0 aliphatic rings. The first-order valence-electron chi connectivity index (χ1n) is 10.5. The van der Waals surface area contributed by atoms with Gasteiger partial charge in [-0.1, -0.05) is 121 Å². The Hall–Kier alpha value is -2.85. The summed E-state index contributed by atoms with van der Waals surface area (Å²) in [6, 6.07) is 34.1. The molecule has 4 aromatic rings. The van der Waals surface area contributed by atoms with E-state index in [4.69, 9.17) is 22.9 Å². The largest absolute Gasteiger partial charge is 3.00 e. The molecule has 8 nitrogen and oxygen atoms in total. The van der Waals surface area contributed by atoms with Crippen molar-refractivity contribution in [2.24, 2.45) is 0 Å². The molecule has 12 heteroatoms. The number of halogens is 2. The summed E-state index contributed by atoms with van der Waals surface area (Å²) in [6.07, 6.45) is 0. The van der Waals surface area contributed by atoms with Crippen molar-refractivity contribution in [3.05, 3.63) is 167 Å². The van der Waals surface area contributed by atoms with Crippen LogP contribution in [0.3, 0.4) is 0 Å². The van der Waals surface area contributed by atoms with Crippen LogP contribution < -0.4 is 34.0 Å². The maximum Gasteiger partial charge on any atom is 3.00 e. The molecular formula is C28H24Br2N4O4Ti2. The first kappa shape index (κ1) is 44.2. The zero-order valence-electron chi connectivity index (χ0n) is 20.9. The molecule has 0 aromatic heterocycles. The molecule has 40 heavy (non-hydrogen) atoms. The summed E-state index contributed by atoms with van der Waals surface area (Å²) < 4.78 is 0. The fourth-order valence-electron chi connectivity index (χ4n) is 2.36. The molecule has 2 radical (unpaired) electrons. The molecule has 4 amide bonds. The second kappa shape index (κ2) is 26.4. The van der Waals surface area contributed by atoms with E-state index in [2.05, 4.69) is 0 Å². The zero-order valence-corrected chi connectivity index (χ0v) is 27.2. The van der Waals surface area contributed by atoms with E-state index in [0.717, 1.165) is 0 Å². The first-order valence-corrected chi connectivity index (χ1v) is 10.5. The summed E-state index contributed by atoms with van der Waals surface area (Å²) in [6.45, 7) is 0. The van der Waals surface area contributed by atoms with Gasteiger partial charge in [-0.2, -0.15) is 0 Å². The number of carbonyl (C=O) groups is 4. The number of hydrogen-bond donors (Lipinski definition) is 0. The Kier molecular flexibility index (Phi) is 29.1. The van der Waals surface area contributed by atoms with Crippen LogP contribution in [0.4, 0.5) is 0 Å². The molecular weight excluding hydrogens is 712 g/mol. The minimum absolute atomic E-state index is 0. The van der Waals surface area contributed by atoms with Crippen molar-refractivity contribution in [3.8, 4) is 0 Å². The molecule has 4 N–H and O–H groups in total. The summed E-state index contributed by atoms with van der Waals surface area (Å²) in [7, 11) is 0. The Morgan fingerprint density at radius 2 is 0.450 bits per heavy atom. The van der Waals surface area contributed by atoms with Gasteiger partial charge in [0.25, 0.3) is 0 Å². The summed E-state index contributed by atoms with van der Waals surface area (Å²) in [4.78, 5) is 41.2. The van der Waals surface area contributed by atoms with Crippen molar-refractivity contribution in [2.45, 2.75) is 0 Å². The quantitative estimate of drug-likeness (QED) is 0.291. The maximum absolute atomic E-state index is 10.3. The molecule has 0 aliphatic heterocycles. The van der Waals surface area contributed by atoms with Gasteiger partial charge in [-0.3, -0.25) is 0 Å². The van der Waals surface area contributed by atoms with Crippen LogP contribution in [0, 0.1) is 0 Å². The van der Waals surface area contributed by atoms with Gasteiger partial charge in [0.05, 0.1) is 23.6 Å². The Balaban J connectivity index is -0.000000209. The van der Waals surface area contributed by atoms with Crippen LogP contribution in [0.1, 0.15) is 41.4 Å². The van der Waals surface area contributed by atoms with Gasteiger partial charge in [-0.25, -0.2) is 0 Å². The van der Waals surface area contributed by atoms with Crippen molar-refractivity contribution in [1.82, 2.24) is 0 Å². The molecule has 0 saturated carbocycles. The standard InChI is InChI=1S/4C7H7NO.2BrH.2Ti/c4*8-7(9)6-4-2-1-3-5-6;;;;/h4*1-5H,(H2,8,9);2*1H;;/q;;;;;;2*+3/p-6. The van der Waals surface area contributed by atoms with Gasteiger partial charge in [-0.15, -0.1) is 0 Å². The van der Waals surface area contributed by atoms with Crippen LogP contribution in [0.25, 0.3) is 22.9 Å². The van der Waals surface area contributed by atoms with Crippen LogP contribution >= 0.6 is 0 Å². The monoisotopic (exact) mass is 734 g/mol. The normalized spacial score (nSPS) is 8.00. The number of benzene rings is 4. The van der Waals surface area contributed by atoms with E-state index in [1.54, 1.807) is 97.1 Å².